The molecule has 4 rings (SSSR count). The summed E-state index contributed by atoms with van der Waals surface area (Å²) >= 11 is 0. The highest BCUT2D eigenvalue weighted by molar-refractivity contribution is 6.07. The van der Waals surface area contributed by atoms with Gasteiger partial charge in [0.15, 0.2) is 0 Å². The topological polar surface area (TPSA) is 95.3 Å². The van der Waals surface area contributed by atoms with Crippen molar-refractivity contribution in [1.82, 2.24) is 15.2 Å². The van der Waals surface area contributed by atoms with Gasteiger partial charge in [-0.15, -0.1) is 13.2 Å². The molecule has 1 aliphatic rings. The third kappa shape index (κ3) is 6.67. The highest BCUT2D eigenvalue weighted by Gasteiger charge is 2.47. The SMILES string of the molecule is C/C(=C\c1ccc2nccc(C(=O)NCC(=O)N3CC(F)(F)C[C@H]3C#N)c2c1)c1ccc(OC(F)(F)F)cc1. The standard InChI is InChI=1S/C27H21F5N4O3/c1-16(18-3-5-20(6-4-18)39-27(30,31)32)10-17-2-7-23-22(11-17)21(8-9-34-23)25(38)35-14-24(37)36-15-26(28,29)12-19(36)13-33/h2-11,19H,12,14-15H2,1H3,(H,35,38)/b16-10+/t19-/m0/s1. The summed E-state index contributed by atoms with van der Waals surface area (Å²) in [6, 6.07) is 12.4. The highest BCUT2D eigenvalue weighted by Crippen LogP contribution is 2.32. The van der Waals surface area contributed by atoms with Crippen molar-refractivity contribution in [2.45, 2.75) is 31.7 Å². The van der Waals surface area contributed by atoms with E-state index in [9.17, 15) is 31.5 Å². The highest BCUT2D eigenvalue weighted by atomic mass is 19.4. The van der Waals surface area contributed by atoms with Crippen LogP contribution in [0, 0.1) is 11.3 Å². The van der Waals surface area contributed by atoms with Gasteiger partial charge in [-0.05, 0) is 54.0 Å². The molecule has 39 heavy (non-hydrogen) atoms. The maximum Gasteiger partial charge on any atom is 0.573 e. The minimum absolute atomic E-state index is 0.193. The van der Waals surface area contributed by atoms with Crippen molar-refractivity contribution in [2.75, 3.05) is 13.1 Å². The summed E-state index contributed by atoms with van der Waals surface area (Å²) in [5.74, 6) is -4.93. The number of allylic oxidation sites excluding steroid dienone is 1. The third-order valence-corrected chi connectivity index (χ3v) is 6.08. The molecule has 0 aliphatic carbocycles. The van der Waals surface area contributed by atoms with Gasteiger partial charge in [0.1, 0.15) is 11.8 Å². The van der Waals surface area contributed by atoms with Crippen molar-refractivity contribution in [3.05, 3.63) is 71.4 Å². The van der Waals surface area contributed by atoms with Crippen LogP contribution in [0.2, 0.25) is 0 Å². The Kier molecular flexibility index (Phi) is 7.53. The second kappa shape index (κ2) is 10.7. The van der Waals surface area contributed by atoms with E-state index < -0.39 is 49.7 Å². The quantitative estimate of drug-likeness (QED) is 0.341. The zero-order chi connectivity index (χ0) is 28.4. The Bertz CT molecular complexity index is 1480. The number of benzene rings is 2. The molecule has 1 aliphatic heterocycles. The predicted molar refractivity (Wildman–Crippen MR) is 131 cm³/mol. The summed E-state index contributed by atoms with van der Waals surface area (Å²) in [6.45, 7) is 0.317. The van der Waals surface area contributed by atoms with E-state index in [-0.39, 0.29) is 11.3 Å². The Morgan fingerprint density at radius 2 is 1.92 bits per heavy atom. The summed E-state index contributed by atoms with van der Waals surface area (Å²) in [5, 5.41) is 12.0. The van der Waals surface area contributed by atoms with Crippen molar-refractivity contribution in [3.63, 3.8) is 0 Å². The molecule has 202 valence electrons. The molecule has 0 unspecified atom stereocenters. The zero-order valence-electron chi connectivity index (χ0n) is 20.4. The van der Waals surface area contributed by atoms with Crippen LogP contribution in [0.4, 0.5) is 22.0 Å². The Morgan fingerprint density at radius 3 is 2.59 bits per heavy atom. The van der Waals surface area contributed by atoms with Gasteiger partial charge in [-0.3, -0.25) is 14.6 Å². The Hall–Kier alpha value is -4.53. The molecule has 2 aromatic carbocycles. The van der Waals surface area contributed by atoms with Crippen molar-refractivity contribution in [3.8, 4) is 11.8 Å². The van der Waals surface area contributed by atoms with Crippen LogP contribution < -0.4 is 10.1 Å². The number of nitriles is 1. The molecule has 1 saturated heterocycles. The average Bonchev–Trinajstić information content (AvgIpc) is 3.20. The molecular weight excluding hydrogens is 523 g/mol. The van der Waals surface area contributed by atoms with Gasteiger partial charge in [0.25, 0.3) is 11.8 Å². The molecule has 2 amide bonds. The van der Waals surface area contributed by atoms with Gasteiger partial charge < -0.3 is 15.0 Å². The first-order valence-electron chi connectivity index (χ1n) is 11.6. The number of halogens is 5. The van der Waals surface area contributed by atoms with Crippen LogP contribution in [0.25, 0.3) is 22.6 Å². The lowest BCUT2D eigenvalue weighted by atomic mass is 10.0. The summed E-state index contributed by atoms with van der Waals surface area (Å²) in [6.07, 6.45) is -2.35. The Labute approximate surface area is 219 Å². The Balaban J connectivity index is 1.51. The number of hydrogen-bond donors (Lipinski definition) is 1. The van der Waals surface area contributed by atoms with Gasteiger partial charge in [0.05, 0.1) is 30.2 Å². The molecule has 7 nitrogen and oxygen atoms in total. The monoisotopic (exact) mass is 544 g/mol. The predicted octanol–water partition coefficient (Wildman–Crippen LogP) is 5.18. The van der Waals surface area contributed by atoms with Gasteiger partial charge in [0, 0.05) is 18.0 Å². The van der Waals surface area contributed by atoms with E-state index in [1.807, 2.05) is 0 Å². The fraction of sp³-hybridized carbons (Fsp3) is 0.259. The van der Waals surface area contributed by atoms with Crippen LogP contribution in [-0.4, -0.2) is 53.1 Å². The van der Waals surface area contributed by atoms with Crippen molar-refractivity contribution in [2.24, 2.45) is 0 Å². The first kappa shape index (κ1) is 27.5. The van der Waals surface area contributed by atoms with Crippen LogP contribution in [0.15, 0.2) is 54.7 Å². The lowest BCUT2D eigenvalue weighted by Gasteiger charge is -2.19. The largest absolute Gasteiger partial charge is 0.573 e. The van der Waals surface area contributed by atoms with Crippen molar-refractivity contribution < 1.29 is 36.3 Å². The van der Waals surface area contributed by atoms with Gasteiger partial charge >= 0.3 is 6.36 Å². The number of nitrogens with zero attached hydrogens (tertiary/aromatic N) is 3. The number of carbonyl (C=O) groups is 2. The normalized spacial score (nSPS) is 17.1. The molecule has 0 bridgehead atoms. The van der Waals surface area contributed by atoms with E-state index in [0.717, 1.165) is 10.5 Å². The van der Waals surface area contributed by atoms with Gasteiger partial charge in [-0.1, -0.05) is 24.3 Å². The molecule has 0 saturated carbocycles. The third-order valence-electron chi connectivity index (χ3n) is 6.08. The average molecular weight is 544 g/mol. The van der Waals surface area contributed by atoms with Crippen LogP contribution in [0.3, 0.4) is 0 Å². The number of amides is 2. The number of ether oxygens (including phenoxy) is 1. The maximum atomic E-state index is 13.7. The van der Waals surface area contributed by atoms with Crippen LogP contribution in [-0.2, 0) is 4.79 Å². The molecule has 2 heterocycles. The fourth-order valence-electron chi connectivity index (χ4n) is 4.25. The van der Waals surface area contributed by atoms with E-state index in [1.165, 1.54) is 36.5 Å². The Morgan fingerprint density at radius 1 is 1.21 bits per heavy atom. The van der Waals surface area contributed by atoms with Crippen molar-refractivity contribution in [1.29, 1.82) is 5.26 Å². The van der Waals surface area contributed by atoms with Gasteiger partial charge in [-0.2, -0.15) is 5.26 Å². The summed E-state index contributed by atoms with van der Waals surface area (Å²) in [4.78, 5) is 30.4. The number of hydrogen-bond acceptors (Lipinski definition) is 5. The van der Waals surface area contributed by atoms with Gasteiger partial charge in [0.2, 0.25) is 5.91 Å². The molecule has 1 fully saturated rings. The second-order valence-electron chi connectivity index (χ2n) is 8.94. The van der Waals surface area contributed by atoms with Crippen LogP contribution in [0.5, 0.6) is 5.75 Å². The number of likely N-dealkylation sites (tertiary alicyclic amines) is 1. The lowest BCUT2D eigenvalue weighted by Crippen LogP contribution is -2.43. The summed E-state index contributed by atoms with van der Waals surface area (Å²) in [7, 11) is 0. The lowest BCUT2D eigenvalue weighted by molar-refractivity contribution is -0.274. The first-order chi connectivity index (χ1) is 18.3. The summed E-state index contributed by atoms with van der Waals surface area (Å²) in [5.41, 5.74) is 2.72. The molecule has 1 N–H and O–H groups in total. The van der Waals surface area contributed by atoms with Crippen LogP contribution in [0.1, 0.15) is 34.8 Å². The number of fused-ring (bicyclic) bond motifs is 1. The number of rotatable bonds is 6. The number of aromatic nitrogens is 1. The minimum Gasteiger partial charge on any atom is -0.406 e. The van der Waals surface area contributed by atoms with E-state index >= 15 is 0 Å². The molecule has 0 spiro atoms. The number of pyridine rings is 1. The van der Waals surface area contributed by atoms with E-state index in [1.54, 1.807) is 37.3 Å². The fourth-order valence-corrected chi connectivity index (χ4v) is 4.25. The molecule has 12 heteroatoms. The summed E-state index contributed by atoms with van der Waals surface area (Å²) < 4.78 is 68.4. The molecule has 0 radical (unpaired) electrons. The van der Waals surface area contributed by atoms with Crippen LogP contribution >= 0.6 is 0 Å². The number of alkyl halides is 5. The van der Waals surface area contributed by atoms with Crippen molar-refractivity contribution >= 4 is 34.4 Å². The smallest absolute Gasteiger partial charge is 0.406 e. The first-order valence-corrected chi connectivity index (χ1v) is 11.6. The van der Waals surface area contributed by atoms with E-state index in [0.29, 0.717) is 22.0 Å². The number of carbonyl (C=O) groups excluding carboxylic acids is 2. The molecule has 3 aromatic rings. The second-order valence-corrected chi connectivity index (χ2v) is 8.94. The van der Waals surface area contributed by atoms with E-state index in [4.69, 9.17) is 5.26 Å². The zero-order valence-corrected chi connectivity index (χ0v) is 20.4. The molecular formula is C27H21F5N4O3. The minimum atomic E-state index is -4.79. The van der Waals surface area contributed by atoms with Gasteiger partial charge in [-0.25, -0.2) is 8.78 Å². The van der Waals surface area contributed by atoms with E-state index in [2.05, 4.69) is 15.0 Å². The maximum absolute atomic E-state index is 13.7. The number of nitrogens with one attached hydrogen (secondary N) is 1. The molecule has 1 aromatic heterocycles. The molecule has 1 atom stereocenters.